The van der Waals surface area contributed by atoms with E-state index in [1.807, 2.05) is 30.3 Å². The second-order valence-corrected chi connectivity index (χ2v) is 4.80. The second-order valence-electron chi connectivity index (χ2n) is 4.80. The molecule has 1 N–H and O–H groups in total. The van der Waals surface area contributed by atoms with Gasteiger partial charge in [0.25, 0.3) is 0 Å². The van der Waals surface area contributed by atoms with Gasteiger partial charge in [0.1, 0.15) is 17.2 Å². The summed E-state index contributed by atoms with van der Waals surface area (Å²) in [6.07, 6.45) is 3.51. The Bertz CT molecular complexity index is 556. The van der Waals surface area contributed by atoms with E-state index < -0.39 is 0 Å². The largest absolute Gasteiger partial charge is 0.497 e. The van der Waals surface area contributed by atoms with Crippen molar-refractivity contribution in [3.05, 3.63) is 48.3 Å². The van der Waals surface area contributed by atoms with Crippen LogP contribution in [0.1, 0.15) is 19.4 Å². The Labute approximate surface area is 119 Å². The fourth-order valence-electron chi connectivity index (χ4n) is 1.75. The fraction of sp³-hybridized carbons (Fsp3) is 0.312. The molecule has 0 saturated carbocycles. The van der Waals surface area contributed by atoms with Crippen molar-refractivity contribution in [2.45, 2.75) is 26.4 Å². The summed E-state index contributed by atoms with van der Waals surface area (Å²) in [5.74, 6) is 2.27. The number of aromatic nitrogens is 1. The van der Waals surface area contributed by atoms with Gasteiger partial charge in [-0.3, -0.25) is 4.98 Å². The summed E-state index contributed by atoms with van der Waals surface area (Å²) >= 11 is 0. The normalized spacial score (nSPS) is 10.6. The summed E-state index contributed by atoms with van der Waals surface area (Å²) in [6, 6.07) is 9.92. The zero-order chi connectivity index (χ0) is 14.4. The standard InChI is InChI=1S/C16H20N2O2/c1-12(2)18-10-13-7-8-17-11-16(13)20-15-6-4-5-14(9-15)19-3/h4-9,11-12,18H,10H2,1-3H3. The third kappa shape index (κ3) is 3.96. The fourth-order valence-corrected chi connectivity index (χ4v) is 1.75. The van der Waals surface area contributed by atoms with E-state index in [2.05, 4.69) is 24.1 Å². The maximum atomic E-state index is 5.90. The van der Waals surface area contributed by atoms with Crippen LogP contribution in [-0.4, -0.2) is 18.1 Å². The number of hydrogen-bond donors (Lipinski definition) is 1. The minimum absolute atomic E-state index is 0.424. The van der Waals surface area contributed by atoms with Crippen LogP contribution >= 0.6 is 0 Å². The molecule has 1 aromatic carbocycles. The van der Waals surface area contributed by atoms with Crippen LogP contribution in [0.4, 0.5) is 0 Å². The highest BCUT2D eigenvalue weighted by atomic mass is 16.5. The minimum Gasteiger partial charge on any atom is -0.497 e. The predicted molar refractivity (Wildman–Crippen MR) is 79.3 cm³/mol. The summed E-state index contributed by atoms with van der Waals surface area (Å²) in [5, 5.41) is 3.38. The van der Waals surface area contributed by atoms with Crippen molar-refractivity contribution < 1.29 is 9.47 Å². The molecule has 0 saturated heterocycles. The molecule has 2 rings (SSSR count). The Morgan fingerprint density at radius 2 is 2.00 bits per heavy atom. The summed E-state index contributed by atoms with van der Waals surface area (Å²) < 4.78 is 11.1. The van der Waals surface area contributed by atoms with Gasteiger partial charge in [0.05, 0.1) is 13.3 Å². The van der Waals surface area contributed by atoms with Gasteiger partial charge in [-0.2, -0.15) is 0 Å². The number of hydrogen-bond acceptors (Lipinski definition) is 4. The van der Waals surface area contributed by atoms with E-state index in [1.165, 1.54) is 0 Å². The first kappa shape index (κ1) is 14.3. The zero-order valence-electron chi connectivity index (χ0n) is 12.1. The molecular formula is C16H20N2O2. The average molecular weight is 272 g/mol. The van der Waals surface area contributed by atoms with Crippen LogP contribution in [0.3, 0.4) is 0 Å². The first-order chi connectivity index (χ1) is 9.69. The van der Waals surface area contributed by atoms with Crippen LogP contribution in [0, 0.1) is 0 Å². The molecule has 0 aliphatic carbocycles. The van der Waals surface area contributed by atoms with Crippen molar-refractivity contribution in [3.63, 3.8) is 0 Å². The number of ether oxygens (including phenoxy) is 2. The van der Waals surface area contributed by atoms with E-state index in [-0.39, 0.29) is 0 Å². The van der Waals surface area contributed by atoms with E-state index in [4.69, 9.17) is 9.47 Å². The van der Waals surface area contributed by atoms with E-state index in [1.54, 1.807) is 19.5 Å². The molecule has 1 heterocycles. The third-order valence-electron chi connectivity index (χ3n) is 2.84. The van der Waals surface area contributed by atoms with Crippen molar-refractivity contribution in [2.75, 3.05) is 7.11 Å². The third-order valence-corrected chi connectivity index (χ3v) is 2.84. The smallest absolute Gasteiger partial charge is 0.150 e. The van der Waals surface area contributed by atoms with Gasteiger partial charge < -0.3 is 14.8 Å². The molecule has 4 heteroatoms. The molecule has 0 aliphatic heterocycles. The number of rotatable bonds is 6. The topological polar surface area (TPSA) is 43.4 Å². The minimum atomic E-state index is 0.424. The molecule has 0 amide bonds. The lowest BCUT2D eigenvalue weighted by Crippen LogP contribution is -2.22. The van der Waals surface area contributed by atoms with Gasteiger partial charge in [-0.05, 0) is 18.2 Å². The number of nitrogens with one attached hydrogen (secondary N) is 1. The molecule has 0 aliphatic rings. The van der Waals surface area contributed by atoms with Gasteiger partial charge >= 0.3 is 0 Å². The molecule has 20 heavy (non-hydrogen) atoms. The highest BCUT2D eigenvalue weighted by Crippen LogP contribution is 2.27. The maximum absolute atomic E-state index is 5.90. The van der Waals surface area contributed by atoms with Gasteiger partial charge in [-0.25, -0.2) is 0 Å². The Balaban J connectivity index is 2.15. The lowest BCUT2D eigenvalue weighted by Gasteiger charge is -2.13. The molecule has 106 valence electrons. The summed E-state index contributed by atoms with van der Waals surface area (Å²) in [5.41, 5.74) is 1.08. The van der Waals surface area contributed by atoms with Gasteiger partial charge in [-0.1, -0.05) is 19.9 Å². The lowest BCUT2D eigenvalue weighted by molar-refractivity contribution is 0.408. The van der Waals surface area contributed by atoms with Crippen LogP contribution in [-0.2, 0) is 6.54 Å². The van der Waals surface area contributed by atoms with Crippen LogP contribution in [0.5, 0.6) is 17.2 Å². The molecule has 0 fully saturated rings. The molecule has 0 unspecified atom stereocenters. The highest BCUT2D eigenvalue weighted by Gasteiger charge is 2.06. The van der Waals surface area contributed by atoms with Crippen molar-refractivity contribution in [3.8, 4) is 17.2 Å². The first-order valence-corrected chi connectivity index (χ1v) is 6.67. The molecule has 0 spiro atoms. The molecular weight excluding hydrogens is 252 g/mol. The molecule has 2 aromatic rings. The molecule has 0 atom stereocenters. The Hall–Kier alpha value is -2.07. The summed E-state index contributed by atoms with van der Waals surface area (Å²) in [7, 11) is 1.64. The zero-order valence-corrected chi connectivity index (χ0v) is 12.1. The van der Waals surface area contributed by atoms with Gasteiger partial charge in [0, 0.05) is 30.4 Å². The average Bonchev–Trinajstić information content (AvgIpc) is 2.46. The van der Waals surface area contributed by atoms with Crippen molar-refractivity contribution in [1.29, 1.82) is 0 Å². The number of benzene rings is 1. The van der Waals surface area contributed by atoms with Crippen molar-refractivity contribution in [2.24, 2.45) is 0 Å². The van der Waals surface area contributed by atoms with E-state index in [0.29, 0.717) is 6.04 Å². The van der Waals surface area contributed by atoms with E-state index >= 15 is 0 Å². The van der Waals surface area contributed by atoms with Crippen LogP contribution in [0.15, 0.2) is 42.7 Å². The summed E-state index contributed by atoms with van der Waals surface area (Å²) in [6.45, 7) is 4.98. The number of pyridine rings is 1. The second kappa shape index (κ2) is 6.91. The first-order valence-electron chi connectivity index (χ1n) is 6.67. The molecule has 0 radical (unpaired) electrons. The van der Waals surface area contributed by atoms with Crippen LogP contribution in [0.25, 0.3) is 0 Å². The highest BCUT2D eigenvalue weighted by molar-refractivity contribution is 5.39. The van der Waals surface area contributed by atoms with Crippen LogP contribution in [0.2, 0.25) is 0 Å². The Kier molecular flexibility index (Phi) is 4.96. The van der Waals surface area contributed by atoms with Crippen molar-refractivity contribution in [1.82, 2.24) is 10.3 Å². The number of nitrogens with zero attached hydrogens (tertiary/aromatic N) is 1. The monoisotopic (exact) mass is 272 g/mol. The lowest BCUT2D eigenvalue weighted by atomic mass is 10.2. The van der Waals surface area contributed by atoms with Crippen molar-refractivity contribution >= 4 is 0 Å². The van der Waals surface area contributed by atoms with Crippen LogP contribution < -0.4 is 14.8 Å². The van der Waals surface area contributed by atoms with Gasteiger partial charge in [-0.15, -0.1) is 0 Å². The van der Waals surface area contributed by atoms with Gasteiger partial charge in [0.15, 0.2) is 0 Å². The van der Waals surface area contributed by atoms with E-state index in [9.17, 15) is 0 Å². The Morgan fingerprint density at radius 1 is 1.20 bits per heavy atom. The predicted octanol–water partition coefficient (Wildman–Crippen LogP) is 3.38. The quantitative estimate of drug-likeness (QED) is 0.875. The molecule has 1 aromatic heterocycles. The van der Waals surface area contributed by atoms with Gasteiger partial charge in [0.2, 0.25) is 0 Å². The summed E-state index contributed by atoms with van der Waals surface area (Å²) in [4.78, 5) is 4.13. The molecule has 0 bridgehead atoms. The van der Waals surface area contributed by atoms with E-state index in [0.717, 1.165) is 29.4 Å². The molecule has 4 nitrogen and oxygen atoms in total. The Morgan fingerprint density at radius 3 is 2.75 bits per heavy atom. The number of methoxy groups -OCH3 is 1. The maximum Gasteiger partial charge on any atom is 0.150 e. The SMILES string of the molecule is COc1cccc(Oc2cnccc2CNC(C)C)c1.